The zero-order valence-corrected chi connectivity index (χ0v) is 22.0. The Labute approximate surface area is 219 Å². The van der Waals surface area contributed by atoms with Crippen LogP contribution in [0.5, 0.6) is 0 Å². The number of hydrogen-bond acceptors (Lipinski definition) is 11. The Morgan fingerprint density at radius 2 is 1.63 bits per heavy atom. The van der Waals surface area contributed by atoms with Gasteiger partial charge in [-0.15, -0.1) is 0 Å². The van der Waals surface area contributed by atoms with E-state index in [0.717, 1.165) is 0 Å². The van der Waals surface area contributed by atoms with E-state index < -0.39 is 24.0 Å². The van der Waals surface area contributed by atoms with Gasteiger partial charge in [0.2, 0.25) is 5.78 Å². The number of carbonyl (C=O) groups excluding carboxylic acids is 2. The molecule has 38 heavy (non-hydrogen) atoms. The van der Waals surface area contributed by atoms with Crippen LogP contribution in [0.4, 0.5) is 0 Å². The highest BCUT2D eigenvalue weighted by Crippen LogP contribution is 2.30. The number of aryl methyl sites for hydroxylation is 1. The molecule has 2 atom stereocenters. The van der Waals surface area contributed by atoms with Gasteiger partial charge in [-0.1, -0.05) is 27.7 Å². The summed E-state index contributed by atoms with van der Waals surface area (Å²) in [5.41, 5.74) is 13.3. The number of fused-ring (bicyclic) bond motifs is 1. The topological polar surface area (TPSA) is 183 Å². The molecule has 0 aliphatic heterocycles. The summed E-state index contributed by atoms with van der Waals surface area (Å²) >= 11 is 0. The van der Waals surface area contributed by atoms with E-state index in [-0.39, 0.29) is 25.3 Å². The fourth-order valence-corrected chi connectivity index (χ4v) is 3.56. The molecule has 4 aromatic heterocycles. The summed E-state index contributed by atoms with van der Waals surface area (Å²) in [6, 6.07) is 0.290. The van der Waals surface area contributed by atoms with Crippen LogP contribution in [0, 0.1) is 18.8 Å². The van der Waals surface area contributed by atoms with Crippen LogP contribution in [-0.4, -0.2) is 62.7 Å². The highest BCUT2D eigenvalue weighted by atomic mass is 16.5. The van der Waals surface area contributed by atoms with Crippen LogP contribution in [0.1, 0.15) is 33.5 Å². The lowest BCUT2D eigenvalue weighted by atomic mass is 10.1. The van der Waals surface area contributed by atoms with Gasteiger partial charge >= 0.3 is 11.9 Å². The van der Waals surface area contributed by atoms with Gasteiger partial charge in [-0.2, -0.15) is 5.10 Å². The average Bonchev–Trinajstić information content (AvgIpc) is 3.60. The SMILES string of the molecule is Cc1nc(-c2nc3ncccn3c2-c2cn(COC(=O)[C@@H](N)C(C)C)cn2)n(COC(=O)[C@@H](N)C(C)C)n1. The van der Waals surface area contributed by atoms with Gasteiger partial charge in [0.15, 0.2) is 19.3 Å². The molecule has 0 aromatic carbocycles. The molecule has 0 radical (unpaired) electrons. The molecule has 0 aliphatic rings. The van der Waals surface area contributed by atoms with Crippen LogP contribution in [0.25, 0.3) is 28.7 Å². The zero-order valence-electron chi connectivity index (χ0n) is 22.0. The van der Waals surface area contributed by atoms with E-state index in [0.29, 0.717) is 34.5 Å². The number of nitrogens with zero attached hydrogens (tertiary/aromatic N) is 8. The van der Waals surface area contributed by atoms with Gasteiger partial charge in [-0.05, 0) is 24.8 Å². The first kappa shape index (κ1) is 26.9. The van der Waals surface area contributed by atoms with E-state index in [1.54, 1.807) is 40.5 Å². The first-order chi connectivity index (χ1) is 18.1. The number of ether oxygens (including phenoxy) is 2. The fourth-order valence-electron chi connectivity index (χ4n) is 3.56. The highest BCUT2D eigenvalue weighted by Gasteiger charge is 2.25. The van der Waals surface area contributed by atoms with E-state index in [4.69, 9.17) is 20.9 Å². The number of imidazole rings is 2. The number of hydrogen-bond donors (Lipinski definition) is 2. The zero-order chi connectivity index (χ0) is 27.6. The lowest BCUT2D eigenvalue weighted by Crippen LogP contribution is -2.37. The van der Waals surface area contributed by atoms with Crippen LogP contribution in [0.3, 0.4) is 0 Å². The monoisotopic (exact) mass is 524 g/mol. The number of esters is 2. The van der Waals surface area contributed by atoms with Gasteiger partial charge in [0.1, 0.15) is 35.0 Å². The Morgan fingerprint density at radius 3 is 2.29 bits per heavy atom. The Balaban J connectivity index is 1.66. The minimum atomic E-state index is -0.758. The van der Waals surface area contributed by atoms with Crippen LogP contribution < -0.4 is 11.5 Å². The number of carbonyl (C=O) groups is 2. The summed E-state index contributed by atoms with van der Waals surface area (Å²) in [4.78, 5) is 42.5. The Hall–Kier alpha value is -4.17. The van der Waals surface area contributed by atoms with Crippen molar-refractivity contribution in [2.45, 2.75) is 60.2 Å². The molecule has 4 N–H and O–H groups in total. The third-order valence-corrected chi connectivity index (χ3v) is 5.93. The van der Waals surface area contributed by atoms with Crippen molar-refractivity contribution in [3.63, 3.8) is 0 Å². The smallest absolute Gasteiger partial charge is 0.324 e. The van der Waals surface area contributed by atoms with Crippen molar-refractivity contribution >= 4 is 17.7 Å². The second kappa shape index (κ2) is 11.1. The summed E-state index contributed by atoms with van der Waals surface area (Å²) < 4.78 is 15.6. The Bertz CT molecular complexity index is 1440. The van der Waals surface area contributed by atoms with Gasteiger partial charge in [-0.3, -0.25) is 14.0 Å². The van der Waals surface area contributed by atoms with Gasteiger partial charge in [0.05, 0.1) is 6.33 Å². The summed E-state index contributed by atoms with van der Waals surface area (Å²) in [6.07, 6.45) is 6.67. The molecule has 0 saturated heterocycles. The Morgan fingerprint density at radius 1 is 0.974 bits per heavy atom. The lowest BCUT2D eigenvalue weighted by molar-refractivity contribution is -0.151. The van der Waals surface area contributed by atoms with Crippen molar-refractivity contribution in [2.24, 2.45) is 23.3 Å². The predicted octanol–water partition coefficient (Wildman–Crippen LogP) is 1.13. The lowest BCUT2D eigenvalue weighted by Gasteiger charge is -2.14. The van der Waals surface area contributed by atoms with Crippen LogP contribution in [0.15, 0.2) is 31.0 Å². The quantitative estimate of drug-likeness (QED) is 0.283. The predicted molar refractivity (Wildman–Crippen MR) is 136 cm³/mol. The normalized spacial score (nSPS) is 13.3. The fraction of sp³-hybridized carbons (Fsp3) is 0.458. The second-order valence-electron chi connectivity index (χ2n) is 9.58. The Kier molecular flexibility index (Phi) is 7.83. The third kappa shape index (κ3) is 5.55. The highest BCUT2D eigenvalue weighted by molar-refractivity contribution is 5.77. The first-order valence-corrected chi connectivity index (χ1v) is 12.2. The number of nitrogens with two attached hydrogens (primary N) is 2. The van der Waals surface area contributed by atoms with Crippen LogP contribution >= 0.6 is 0 Å². The van der Waals surface area contributed by atoms with E-state index in [1.165, 1.54) is 11.0 Å². The maximum atomic E-state index is 12.3. The van der Waals surface area contributed by atoms with E-state index in [1.807, 2.05) is 27.7 Å². The first-order valence-electron chi connectivity index (χ1n) is 12.2. The summed E-state index contributed by atoms with van der Waals surface area (Å²) in [5.74, 6) is 0.0670. The van der Waals surface area contributed by atoms with E-state index in [9.17, 15) is 9.59 Å². The molecule has 0 fully saturated rings. The summed E-state index contributed by atoms with van der Waals surface area (Å²) in [5, 5.41) is 4.38. The molecular weight excluding hydrogens is 492 g/mol. The van der Waals surface area contributed by atoms with Gasteiger partial charge in [-0.25, -0.2) is 24.6 Å². The van der Waals surface area contributed by atoms with E-state index in [2.05, 4.69) is 25.0 Å². The van der Waals surface area contributed by atoms with Gasteiger partial charge in [0, 0.05) is 18.6 Å². The van der Waals surface area contributed by atoms with Gasteiger partial charge < -0.3 is 25.5 Å². The van der Waals surface area contributed by atoms with Crippen molar-refractivity contribution in [1.82, 2.24) is 38.7 Å². The summed E-state index contributed by atoms with van der Waals surface area (Å²) in [7, 11) is 0. The molecule has 0 saturated carbocycles. The van der Waals surface area contributed by atoms with Crippen molar-refractivity contribution in [3.8, 4) is 22.9 Å². The maximum absolute atomic E-state index is 12.3. The molecular formula is C24H32N10O4. The third-order valence-electron chi connectivity index (χ3n) is 5.93. The molecule has 0 bridgehead atoms. The minimum absolute atomic E-state index is 0.0461. The van der Waals surface area contributed by atoms with Crippen LogP contribution in [0.2, 0.25) is 0 Å². The molecule has 14 heteroatoms. The molecule has 0 spiro atoms. The minimum Gasteiger partial charge on any atom is -0.443 e. The molecule has 4 rings (SSSR count). The number of aromatic nitrogens is 8. The standard InChI is InChI=1S/C24H32N10O4/c1-13(2)17(25)22(35)37-11-32-9-16(28-10-32)20-19(30-24-27-7-6-8-33(20)24)21-29-15(5)31-34(21)12-38-23(36)18(26)14(3)4/h6-10,13-14,17-18H,11-12,25-26H2,1-5H3/t17-,18-/m0/s1. The maximum Gasteiger partial charge on any atom is 0.324 e. The molecule has 0 unspecified atom stereocenters. The molecule has 14 nitrogen and oxygen atoms in total. The molecule has 202 valence electrons. The molecule has 4 aromatic rings. The van der Waals surface area contributed by atoms with Gasteiger partial charge in [0.25, 0.3) is 0 Å². The second-order valence-corrected chi connectivity index (χ2v) is 9.58. The molecule has 0 aliphatic carbocycles. The van der Waals surface area contributed by atoms with Crippen molar-refractivity contribution < 1.29 is 19.1 Å². The van der Waals surface area contributed by atoms with Crippen molar-refractivity contribution in [2.75, 3.05) is 0 Å². The largest absolute Gasteiger partial charge is 0.443 e. The van der Waals surface area contributed by atoms with Crippen molar-refractivity contribution in [1.29, 1.82) is 0 Å². The molecule has 4 heterocycles. The number of rotatable bonds is 10. The average molecular weight is 525 g/mol. The summed E-state index contributed by atoms with van der Waals surface area (Å²) in [6.45, 7) is 8.84. The van der Waals surface area contributed by atoms with Crippen LogP contribution in [-0.2, 0) is 32.5 Å². The molecule has 0 amide bonds. The van der Waals surface area contributed by atoms with Crippen molar-refractivity contribution in [3.05, 3.63) is 36.8 Å². The van der Waals surface area contributed by atoms with E-state index >= 15 is 0 Å².